The van der Waals surface area contributed by atoms with E-state index < -0.39 is 17.4 Å². The summed E-state index contributed by atoms with van der Waals surface area (Å²) in [6.45, 7) is 3.59. The van der Waals surface area contributed by atoms with E-state index in [0.717, 1.165) is 0 Å². The molecule has 15 heavy (non-hydrogen) atoms. The number of hydrogen-bond acceptors (Lipinski definition) is 4. The fraction of sp³-hybridized carbons (Fsp3) is 0.778. The molecule has 0 radical (unpaired) electrons. The Morgan fingerprint density at radius 3 is 2.53 bits per heavy atom. The summed E-state index contributed by atoms with van der Waals surface area (Å²) >= 11 is 0. The van der Waals surface area contributed by atoms with Crippen LogP contribution in [0.5, 0.6) is 0 Å². The molecule has 6 heteroatoms. The van der Waals surface area contributed by atoms with Crippen molar-refractivity contribution in [2.24, 2.45) is 5.73 Å². The molecule has 0 aromatic heterocycles. The van der Waals surface area contributed by atoms with Gasteiger partial charge < -0.3 is 20.9 Å². The Kier molecular flexibility index (Phi) is 5.88. The molecule has 0 fully saturated rings. The Morgan fingerprint density at radius 2 is 2.13 bits per heavy atom. The molecule has 0 saturated carbocycles. The predicted octanol–water partition coefficient (Wildman–Crippen LogP) is -0.669. The van der Waals surface area contributed by atoms with Crippen molar-refractivity contribution < 1.29 is 19.4 Å². The summed E-state index contributed by atoms with van der Waals surface area (Å²) in [6.07, 6.45) is 0.310. The molecule has 0 aromatic carbocycles. The van der Waals surface area contributed by atoms with Crippen LogP contribution < -0.4 is 11.1 Å². The van der Waals surface area contributed by atoms with Gasteiger partial charge in [0.05, 0.1) is 6.61 Å². The van der Waals surface area contributed by atoms with Gasteiger partial charge in [-0.05, 0) is 13.3 Å². The van der Waals surface area contributed by atoms with E-state index in [1.165, 1.54) is 6.92 Å². The summed E-state index contributed by atoms with van der Waals surface area (Å²) in [5, 5.41) is 11.3. The first-order valence-electron chi connectivity index (χ1n) is 4.78. The lowest BCUT2D eigenvalue weighted by Crippen LogP contribution is -2.52. The lowest BCUT2D eigenvalue weighted by Gasteiger charge is -2.24. The molecule has 0 aromatic rings. The van der Waals surface area contributed by atoms with Crippen LogP contribution in [-0.4, -0.2) is 42.3 Å². The molecular formula is C9H18N2O4. The van der Waals surface area contributed by atoms with Crippen LogP contribution in [-0.2, 0) is 14.3 Å². The predicted molar refractivity (Wildman–Crippen MR) is 54.3 cm³/mol. The maximum absolute atomic E-state index is 11.3. The molecule has 0 rings (SSSR count). The van der Waals surface area contributed by atoms with E-state index in [2.05, 4.69) is 5.32 Å². The van der Waals surface area contributed by atoms with Crippen molar-refractivity contribution in [3.8, 4) is 0 Å². The highest BCUT2D eigenvalue weighted by Gasteiger charge is 2.32. The third-order valence-electron chi connectivity index (χ3n) is 2.09. The van der Waals surface area contributed by atoms with Gasteiger partial charge in [0.15, 0.2) is 0 Å². The normalized spacial score (nSPS) is 14.3. The first kappa shape index (κ1) is 13.9. The van der Waals surface area contributed by atoms with Crippen LogP contribution in [0.15, 0.2) is 0 Å². The Hall–Kier alpha value is -1.14. The number of carbonyl (C=O) groups is 2. The number of amides is 1. The third-order valence-corrected chi connectivity index (χ3v) is 2.09. The lowest BCUT2D eigenvalue weighted by atomic mass is 9.99. The van der Waals surface area contributed by atoms with Crippen LogP contribution in [0.1, 0.15) is 20.3 Å². The minimum Gasteiger partial charge on any atom is -0.480 e. The lowest BCUT2D eigenvalue weighted by molar-refractivity contribution is -0.147. The molecule has 0 heterocycles. The summed E-state index contributed by atoms with van der Waals surface area (Å²) in [5.74, 6) is -1.51. The Morgan fingerprint density at radius 1 is 1.53 bits per heavy atom. The second kappa shape index (κ2) is 6.36. The zero-order valence-corrected chi connectivity index (χ0v) is 9.08. The minimum absolute atomic E-state index is 0.167. The van der Waals surface area contributed by atoms with Gasteiger partial charge in [-0.2, -0.15) is 0 Å². The minimum atomic E-state index is -1.23. The van der Waals surface area contributed by atoms with E-state index in [1.807, 2.05) is 0 Å². The smallest absolute Gasteiger partial charge is 0.329 e. The molecule has 0 spiro atoms. The summed E-state index contributed by atoms with van der Waals surface area (Å²) < 4.78 is 4.88. The molecule has 0 saturated heterocycles. The zero-order valence-electron chi connectivity index (χ0n) is 9.08. The highest BCUT2D eigenvalue weighted by atomic mass is 16.5. The SMILES string of the molecule is CCC(C)(NC(=O)COCCN)C(=O)O. The molecule has 0 aliphatic rings. The highest BCUT2D eigenvalue weighted by Crippen LogP contribution is 2.08. The van der Waals surface area contributed by atoms with Crippen molar-refractivity contribution in [2.75, 3.05) is 19.8 Å². The van der Waals surface area contributed by atoms with Gasteiger partial charge in [0.1, 0.15) is 12.1 Å². The number of carboxylic acid groups (broad SMARTS) is 1. The van der Waals surface area contributed by atoms with E-state index >= 15 is 0 Å². The zero-order chi connectivity index (χ0) is 11.9. The fourth-order valence-electron chi connectivity index (χ4n) is 0.885. The topological polar surface area (TPSA) is 102 Å². The Labute approximate surface area is 88.8 Å². The number of hydrogen-bond donors (Lipinski definition) is 3. The molecule has 1 unspecified atom stereocenters. The van der Waals surface area contributed by atoms with Crippen molar-refractivity contribution in [1.82, 2.24) is 5.32 Å². The maximum atomic E-state index is 11.3. The van der Waals surface area contributed by atoms with Crippen LogP contribution >= 0.6 is 0 Å². The van der Waals surface area contributed by atoms with Crippen LogP contribution in [0.25, 0.3) is 0 Å². The third kappa shape index (κ3) is 4.75. The van der Waals surface area contributed by atoms with Crippen LogP contribution in [0.4, 0.5) is 0 Å². The number of carboxylic acids is 1. The van der Waals surface area contributed by atoms with E-state index in [4.69, 9.17) is 15.6 Å². The maximum Gasteiger partial charge on any atom is 0.329 e. The molecule has 1 atom stereocenters. The molecule has 4 N–H and O–H groups in total. The van der Waals surface area contributed by atoms with Crippen LogP contribution in [0, 0.1) is 0 Å². The van der Waals surface area contributed by atoms with Gasteiger partial charge in [-0.15, -0.1) is 0 Å². The van der Waals surface area contributed by atoms with E-state index in [9.17, 15) is 9.59 Å². The van der Waals surface area contributed by atoms with E-state index in [0.29, 0.717) is 13.0 Å². The highest BCUT2D eigenvalue weighted by molar-refractivity contribution is 5.87. The quantitative estimate of drug-likeness (QED) is 0.492. The van der Waals surface area contributed by atoms with Crippen molar-refractivity contribution >= 4 is 11.9 Å². The van der Waals surface area contributed by atoms with Crippen molar-refractivity contribution in [3.63, 3.8) is 0 Å². The van der Waals surface area contributed by atoms with Crippen molar-refractivity contribution in [1.29, 1.82) is 0 Å². The van der Waals surface area contributed by atoms with Gasteiger partial charge in [-0.1, -0.05) is 6.92 Å². The summed E-state index contributed by atoms with van der Waals surface area (Å²) in [6, 6.07) is 0. The molecule has 0 aliphatic carbocycles. The van der Waals surface area contributed by atoms with Crippen molar-refractivity contribution in [3.05, 3.63) is 0 Å². The molecule has 6 nitrogen and oxygen atoms in total. The summed E-state index contributed by atoms with van der Waals surface area (Å²) in [4.78, 5) is 22.1. The fourth-order valence-corrected chi connectivity index (χ4v) is 0.885. The number of carbonyl (C=O) groups excluding carboxylic acids is 1. The van der Waals surface area contributed by atoms with E-state index in [1.54, 1.807) is 6.92 Å². The van der Waals surface area contributed by atoms with Gasteiger partial charge >= 0.3 is 5.97 Å². The second-order valence-corrected chi connectivity index (χ2v) is 3.38. The summed E-state index contributed by atoms with van der Waals surface area (Å²) in [5.41, 5.74) is 3.93. The van der Waals surface area contributed by atoms with Gasteiger partial charge in [0.25, 0.3) is 0 Å². The van der Waals surface area contributed by atoms with E-state index in [-0.39, 0.29) is 13.2 Å². The Balaban J connectivity index is 4.08. The van der Waals surface area contributed by atoms with Crippen LogP contribution in [0.2, 0.25) is 0 Å². The Bertz CT molecular complexity index is 232. The van der Waals surface area contributed by atoms with Gasteiger partial charge in [0.2, 0.25) is 5.91 Å². The standard InChI is InChI=1S/C9H18N2O4/c1-3-9(2,8(13)14)11-7(12)6-15-5-4-10/h3-6,10H2,1-2H3,(H,11,12)(H,13,14). The average molecular weight is 218 g/mol. The molecule has 88 valence electrons. The molecule has 0 bridgehead atoms. The second-order valence-electron chi connectivity index (χ2n) is 3.38. The van der Waals surface area contributed by atoms with Crippen molar-refractivity contribution in [2.45, 2.75) is 25.8 Å². The molecule has 0 aliphatic heterocycles. The number of nitrogens with one attached hydrogen (secondary N) is 1. The number of nitrogens with two attached hydrogens (primary N) is 1. The monoisotopic (exact) mass is 218 g/mol. The first-order valence-corrected chi connectivity index (χ1v) is 4.78. The first-order chi connectivity index (χ1) is 6.96. The summed E-state index contributed by atoms with van der Waals surface area (Å²) in [7, 11) is 0. The molecule has 1 amide bonds. The largest absolute Gasteiger partial charge is 0.480 e. The number of ether oxygens (including phenoxy) is 1. The number of aliphatic carboxylic acids is 1. The van der Waals surface area contributed by atoms with Gasteiger partial charge in [0, 0.05) is 6.54 Å². The molecular weight excluding hydrogens is 200 g/mol. The van der Waals surface area contributed by atoms with Gasteiger partial charge in [-0.25, -0.2) is 4.79 Å². The van der Waals surface area contributed by atoms with Gasteiger partial charge in [-0.3, -0.25) is 4.79 Å². The average Bonchev–Trinajstić information content (AvgIpc) is 2.17. The van der Waals surface area contributed by atoms with Crippen LogP contribution in [0.3, 0.4) is 0 Å². The number of rotatable bonds is 7.